The lowest BCUT2D eigenvalue weighted by molar-refractivity contribution is 0.489. The molecule has 1 nitrogen and oxygen atoms in total. The van der Waals surface area contributed by atoms with Crippen LogP contribution in [0.1, 0.15) is 25.8 Å². The first-order valence-corrected chi connectivity index (χ1v) is 10.4. The number of rotatable bonds is 6. The van der Waals surface area contributed by atoms with E-state index in [0.717, 1.165) is 23.0 Å². The summed E-state index contributed by atoms with van der Waals surface area (Å²) in [6.45, 7) is 5.38. The third-order valence-corrected chi connectivity index (χ3v) is 7.60. The molecule has 1 aliphatic heterocycles. The third kappa shape index (κ3) is 5.15. The van der Waals surface area contributed by atoms with Gasteiger partial charge in [0.15, 0.2) is 0 Å². The van der Waals surface area contributed by atoms with Crippen molar-refractivity contribution in [3.05, 3.63) is 34.1 Å². The second kappa shape index (κ2) is 8.80. The Labute approximate surface area is 144 Å². The fourth-order valence-corrected chi connectivity index (χ4v) is 6.64. The minimum Gasteiger partial charge on any atom is -0.313 e. The molecule has 3 atom stereocenters. The summed E-state index contributed by atoms with van der Waals surface area (Å²) in [6, 6.07) is 5.63. The van der Waals surface area contributed by atoms with Crippen molar-refractivity contribution >= 4 is 39.5 Å². The number of benzene rings is 1. The Balaban J connectivity index is 2.13. The van der Waals surface area contributed by atoms with E-state index in [0.29, 0.717) is 16.5 Å². The van der Waals surface area contributed by atoms with Crippen LogP contribution in [0.25, 0.3) is 0 Å². The Hall–Kier alpha value is 0.290. The van der Waals surface area contributed by atoms with Crippen LogP contribution in [0.2, 0.25) is 0 Å². The average molecular weight is 392 g/mol. The van der Waals surface area contributed by atoms with E-state index in [9.17, 15) is 4.39 Å². The van der Waals surface area contributed by atoms with Crippen molar-refractivity contribution in [2.75, 3.05) is 18.1 Å². The van der Waals surface area contributed by atoms with Gasteiger partial charge in [0.1, 0.15) is 5.82 Å². The van der Waals surface area contributed by atoms with Crippen LogP contribution in [-0.2, 0) is 6.42 Å². The molecule has 0 aromatic heterocycles. The molecule has 0 aliphatic carbocycles. The molecule has 118 valence electrons. The second-order valence-corrected chi connectivity index (χ2v) is 8.85. The van der Waals surface area contributed by atoms with Gasteiger partial charge >= 0.3 is 0 Å². The van der Waals surface area contributed by atoms with Crippen LogP contribution in [0.5, 0.6) is 0 Å². The van der Waals surface area contributed by atoms with Gasteiger partial charge in [-0.15, -0.1) is 0 Å². The van der Waals surface area contributed by atoms with Gasteiger partial charge in [0.25, 0.3) is 0 Å². The smallest absolute Gasteiger partial charge is 0.124 e. The summed E-state index contributed by atoms with van der Waals surface area (Å²) < 4.78 is 14.4. The summed E-state index contributed by atoms with van der Waals surface area (Å²) in [5, 5.41) is 4.94. The summed E-state index contributed by atoms with van der Waals surface area (Å²) in [4.78, 5) is 0. The molecular formula is C16H23BrFNS2. The maximum absolute atomic E-state index is 13.6. The lowest BCUT2D eigenvalue weighted by Gasteiger charge is -2.36. The van der Waals surface area contributed by atoms with E-state index in [1.165, 1.54) is 24.0 Å². The van der Waals surface area contributed by atoms with E-state index in [-0.39, 0.29) is 5.82 Å². The van der Waals surface area contributed by atoms with Gasteiger partial charge in [-0.25, -0.2) is 4.39 Å². The first-order valence-electron chi connectivity index (χ1n) is 7.55. The molecule has 1 fully saturated rings. The Bertz CT molecular complexity index is 438. The van der Waals surface area contributed by atoms with Crippen LogP contribution in [0.4, 0.5) is 4.39 Å². The highest BCUT2D eigenvalue weighted by molar-refractivity contribution is 9.10. The third-order valence-electron chi connectivity index (χ3n) is 3.74. The van der Waals surface area contributed by atoms with Crippen LogP contribution in [0.15, 0.2) is 22.7 Å². The van der Waals surface area contributed by atoms with E-state index in [1.54, 1.807) is 6.07 Å². The van der Waals surface area contributed by atoms with E-state index in [4.69, 9.17) is 0 Å². The molecule has 0 bridgehead atoms. The lowest BCUT2D eigenvalue weighted by atomic mass is 10.00. The van der Waals surface area contributed by atoms with E-state index < -0.39 is 0 Å². The maximum atomic E-state index is 13.6. The number of nitrogens with one attached hydrogen (secondary N) is 1. The molecule has 1 saturated heterocycles. The van der Waals surface area contributed by atoms with Crippen molar-refractivity contribution < 1.29 is 4.39 Å². The molecule has 1 aromatic carbocycles. The molecule has 1 N–H and O–H groups in total. The molecule has 0 radical (unpaired) electrons. The SMILES string of the molecule is CCNC(Cc1cc(F)cc(Br)c1)C1SCCSC1CC. The molecule has 0 spiro atoms. The zero-order valence-electron chi connectivity index (χ0n) is 12.6. The predicted molar refractivity (Wildman–Crippen MR) is 98.1 cm³/mol. The number of halogens is 2. The summed E-state index contributed by atoms with van der Waals surface area (Å²) in [6.07, 6.45) is 2.09. The van der Waals surface area contributed by atoms with E-state index in [1.807, 2.05) is 6.07 Å². The topological polar surface area (TPSA) is 12.0 Å². The van der Waals surface area contributed by atoms with Crippen LogP contribution >= 0.6 is 39.5 Å². The molecule has 0 amide bonds. The average Bonchev–Trinajstić information content (AvgIpc) is 2.45. The molecule has 1 heterocycles. The fourth-order valence-electron chi connectivity index (χ4n) is 2.86. The van der Waals surface area contributed by atoms with Gasteiger partial charge in [-0.2, -0.15) is 23.5 Å². The lowest BCUT2D eigenvalue weighted by Crippen LogP contribution is -2.46. The van der Waals surface area contributed by atoms with Crippen LogP contribution < -0.4 is 5.32 Å². The van der Waals surface area contributed by atoms with Gasteiger partial charge in [0.05, 0.1) is 0 Å². The monoisotopic (exact) mass is 391 g/mol. The number of likely N-dealkylation sites (N-methyl/N-ethyl adjacent to an activating group) is 1. The molecule has 2 rings (SSSR count). The first kappa shape index (κ1) is 17.6. The maximum Gasteiger partial charge on any atom is 0.124 e. The number of thioether (sulfide) groups is 2. The highest BCUT2D eigenvalue weighted by Crippen LogP contribution is 2.36. The van der Waals surface area contributed by atoms with Crippen molar-refractivity contribution in [2.24, 2.45) is 0 Å². The summed E-state index contributed by atoms with van der Waals surface area (Å²) in [7, 11) is 0. The highest BCUT2D eigenvalue weighted by Gasteiger charge is 2.31. The van der Waals surface area contributed by atoms with Crippen molar-refractivity contribution in [1.82, 2.24) is 5.32 Å². The van der Waals surface area contributed by atoms with Crippen molar-refractivity contribution in [3.63, 3.8) is 0 Å². The van der Waals surface area contributed by atoms with Crippen LogP contribution in [0, 0.1) is 5.82 Å². The summed E-state index contributed by atoms with van der Waals surface area (Å²) >= 11 is 7.57. The Morgan fingerprint density at radius 3 is 2.71 bits per heavy atom. The molecule has 3 unspecified atom stereocenters. The Morgan fingerprint density at radius 1 is 1.29 bits per heavy atom. The zero-order chi connectivity index (χ0) is 15.2. The van der Waals surface area contributed by atoms with Crippen LogP contribution in [0.3, 0.4) is 0 Å². The quantitative estimate of drug-likeness (QED) is 0.751. The fraction of sp³-hybridized carbons (Fsp3) is 0.625. The summed E-state index contributed by atoms with van der Waals surface area (Å²) in [5.41, 5.74) is 1.07. The highest BCUT2D eigenvalue weighted by atomic mass is 79.9. The minimum absolute atomic E-state index is 0.160. The van der Waals surface area contributed by atoms with Crippen molar-refractivity contribution in [1.29, 1.82) is 0 Å². The number of hydrogen-bond acceptors (Lipinski definition) is 3. The zero-order valence-corrected chi connectivity index (χ0v) is 15.8. The van der Waals surface area contributed by atoms with Gasteiger partial charge in [-0.3, -0.25) is 0 Å². The molecule has 21 heavy (non-hydrogen) atoms. The normalized spacial score (nSPS) is 24.0. The molecule has 5 heteroatoms. The van der Waals surface area contributed by atoms with E-state index >= 15 is 0 Å². The Kier molecular flexibility index (Phi) is 7.39. The van der Waals surface area contributed by atoms with Gasteiger partial charge in [0, 0.05) is 32.5 Å². The van der Waals surface area contributed by atoms with Gasteiger partial charge < -0.3 is 5.32 Å². The van der Waals surface area contributed by atoms with Gasteiger partial charge in [0.2, 0.25) is 0 Å². The molecular weight excluding hydrogens is 369 g/mol. The first-order chi connectivity index (χ1) is 10.1. The van der Waals surface area contributed by atoms with Crippen molar-refractivity contribution in [2.45, 2.75) is 43.2 Å². The van der Waals surface area contributed by atoms with Crippen LogP contribution in [-0.4, -0.2) is 34.6 Å². The number of hydrogen-bond donors (Lipinski definition) is 1. The standard InChI is InChI=1S/C16H23BrFNS2/c1-3-15-16(21-6-5-20-15)14(19-4-2)9-11-7-12(17)10-13(18)8-11/h7-8,10,14-16,19H,3-6,9H2,1-2H3. The van der Waals surface area contributed by atoms with Gasteiger partial charge in [-0.05, 0) is 43.1 Å². The minimum atomic E-state index is -0.160. The molecule has 1 aliphatic rings. The second-order valence-electron chi connectivity index (χ2n) is 5.30. The van der Waals surface area contributed by atoms with Gasteiger partial charge in [-0.1, -0.05) is 29.8 Å². The largest absolute Gasteiger partial charge is 0.313 e. The van der Waals surface area contributed by atoms with Crippen molar-refractivity contribution in [3.8, 4) is 0 Å². The summed E-state index contributed by atoms with van der Waals surface area (Å²) in [5.74, 6) is 2.32. The predicted octanol–water partition coefficient (Wildman–Crippen LogP) is 4.74. The van der Waals surface area contributed by atoms with E-state index in [2.05, 4.69) is 58.6 Å². The molecule has 0 saturated carbocycles. The molecule has 1 aromatic rings. The Morgan fingerprint density at radius 2 is 2.05 bits per heavy atom.